The van der Waals surface area contributed by atoms with Gasteiger partial charge in [-0.3, -0.25) is 9.59 Å². The summed E-state index contributed by atoms with van der Waals surface area (Å²) in [4.78, 5) is 26.0. The second-order valence-corrected chi connectivity index (χ2v) is 6.57. The SMILES string of the molecule is Cc1cccc(C)c1NC(=O)C(=O)C(=C(N)c1ccccc1)c1ccccc1. The molecule has 4 heteroatoms. The minimum atomic E-state index is -0.713. The van der Waals surface area contributed by atoms with Crippen LogP contribution < -0.4 is 11.1 Å². The van der Waals surface area contributed by atoms with Crippen molar-refractivity contribution in [2.75, 3.05) is 5.32 Å². The zero-order valence-electron chi connectivity index (χ0n) is 15.9. The maximum absolute atomic E-state index is 13.1. The summed E-state index contributed by atoms with van der Waals surface area (Å²) >= 11 is 0. The van der Waals surface area contributed by atoms with Gasteiger partial charge in [0, 0.05) is 5.69 Å². The fraction of sp³-hybridized carbons (Fsp3) is 0.0833. The molecule has 0 atom stereocenters. The Kier molecular flexibility index (Phi) is 5.70. The van der Waals surface area contributed by atoms with Gasteiger partial charge in [-0.1, -0.05) is 78.9 Å². The van der Waals surface area contributed by atoms with E-state index in [0.29, 0.717) is 16.8 Å². The van der Waals surface area contributed by atoms with Gasteiger partial charge < -0.3 is 11.1 Å². The highest BCUT2D eigenvalue weighted by Crippen LogP contribution is 2.25. The lowest BCUT2D eigenvalue weighted by Crippen LogP contribution is -2.26. The predicted octanol–water partition coefficient (Wildman–Crippen LogP) is 4.34. The van der Waals surface area contributed by atoms with Gasteiger partial charge in [-0.25, -0.2) is 0 Å². The lowest BCUT2D eigenvalue weighted by molar-refractivity contribution is -0.131. The normalized spacial score (nSPS) is 11.5. The van der Waals surface area contributed by atoms with Crippen LogP contribution in [-0.4, -0.2) is 11.7 Å². The maximum atomic E-state index is 13.1. The summed E-state index contributed by atoms with van der Waals surface area (Å²) in [5, 5.41) is 2.76. The molecule has 3 aromatic carbocycles. The molecule has 0 spiro atoms. The van der Waals surface area contributed by atoms with E-state index in [2.05, 4.69) is 5.32 Å². The number of benzene rings is 3. The highest BCUT2D eigenvalue weighted by Gasteiger charge is 2.24. The summed E-state index contributed by atoms with van der Waals surface area (Å²) in [6.07, 6.45) is 0. The molecular formula is C24H22N2O2. The molecule has 28 heavy (non-hydrogen) atoms. The van der Waals surface area contributed by atoms with E-state index in [1.165, 1.54) is 0 Å². The monoisotopic (exact) mass is 370 g/mol. The molecule has 0 aromatic heterocycles. The number of nitrogens with one attached hydrogen (secondary N) is 1. The van der Waals surface area contributed by atoms with Crippen LogP contribution in [0.15, 0.2) is 78.9 Å². The molecule has 3 aromatic rings. The van der Waals surface area contributed by atoms with E-state index in [0.717, 1.165) is 11.1 Å². The summed E-state index contributed by atoms with van der Waals surface area (Å²) in [6.45, 7) is 3.78. The van der Waals surface area contributed by atoms with Crippen molar-refractivity contribution in [1.82, 2.24) is 0 Å². The Morgan fingerprint density at radius 2 is 1.21 bits per heavy atom. The van der Waals surface area contributed by atoms with Gasteiger partial charge in [0.2, 0.25) is 0 Å². The molecule has 0 aliphatic carbocycles. The van der Waals surface area contributed by atoms with E-state index in [9.17, 15) is 9.59 Å². The van der Waals surface area contributed by atoms with E-state index in [4.69, 9.17) is 5.73 Å². The van der Waals surface area contributed by atoms with Crippen molar-refractivity contribution < 1.29 is 9.59 Å². The summed E-state index contributed by atoms with van der Waals surface area (Å²) in [5.74, 6) is -1.38. The third kappa shape index (κ3) is 4.01. The molecule has 0 bridgehead atoms. The Labute approximate surface area is 164 Å². The topological polar surface area (TPSA) is 72.2 Å². The minimum absolute atomic E-state index is 0.190. The van der Waals surface area contributed by atoms with Gasteiger partial charge in [0.25, 0.3) is 11.7 Å². The van der Waals surface area contributed by atoms with Crippen LogP contribution in [0.5, 0.6) is 0 Å². The molecule has 0 fully saturated rings. The van der Waals surface area contributed by atoms with E-state index in [1.54, 1.807) is 12.1 Å². The van der Waals surface area contributed by atoms with Crippen LogP contribution in [0, 0.1) is 13.8 Å². The zero-order valence-corrected chi connectivity index (χ0v) is 15.9. The molecule has 0 aliphatic heterocycles. The molecule has 0 saturated carbocycles. The number of rotatable bonds is 5. The summed E-state index contributed by atoms with van der Waals surface area (Å²) in [7, 11) is 0. The number of carbonyl (C=O) groups excluding carboxylic acids is 2. The van der Waals surface area contributed by atoms with Crippen LogP contribution in [0.3, 0.4) is 0 Å². The van der Waals surface area contributed by atoms with E-state index < -0.39 is 11.7 Å². The molecule has 4 nitrogen and oxygen atoms in total. The van der Waals surface area contributed by atoms with Crippen molar-refractivity contribution in [3.8, 4) is 0 Å². The minimum Gasteiger partial charge on any atom is -0.398 e. The first-order chi connectivity index (χ1) is 13.5. The first-order valence-corrected chi connectivity index (χ1v) is 9.01. The summed E-state index contributed by atoms with van der Waals surface area (Å²) in [5.41, 5.74) is 10.5. The highest BCUT2D eigenvalue weighted by molar-refractivity contribution is 6.58. The van der Waals surface area contributed by atoms with Crippen molar-refractivity contribution in [2.45, 2.75) is 13.8 Å². The van der Waals surface area contributed by atoms with E-state index >= 15 is 0 Å². The van der Waals surface area contributed by atoms with Crippen LogP contribution >= 0.6 is 0 Å². The largest absolute Gasteiger partial charge is 0.398 e. The molecule has 0 heterocycles. The Morgan fingerprint density at radius 1 is 0.714 bits per heavy atom. The number of hydrogen-bond acceptors (Lipinski definition) is 3. The smallest absolute Gasteiger partial charge is 0.296 e. The molecule has 3 rings (SSSR count). The maximum Gasteiger partial charge on any atom is 0.296 e. The first kappa shape index (κ1) is 19.1. The van der Waals surface area contributed by atoms with Crippen molar-refractivity contribution in [2.24, 2.45) is 5.73 Å². The second-order valence-electron chi connectivity index (χ2n) is 6.57. The Morgan fingerprint density at radius 3 is 1.75 bits per heavy atom. The van der Waals surface area contributed by atoms with Crippen LogP contribution in [0.2, 0.25) is 0 Å². The number of Topliss-reactive ketones (excluding diaryl/α,β-unsaturated/α-hetero) is 1. The van der Waals surface area contributed by atoms with Gasteiger partial charge >= 0.3 is 0 Å². The van der Waals surface area contributed by atoms with Crippen LogP contribution in [0.25, 0.3) is 11.3 Å². The quantitative estimate of drug-likeness (QED) is 0.399. The van der Waals surface area contributed by atoms with E-state index in [1.807, 2.05) is 80.6 Å². The second kappa shape index (κ2) is 8.35. The van der Waals surface area contributed by atoms with Gasteiger partial charge in [0.15, 0.2) is 0 Å². The standard InChI is InChI=1S/C24H22N2O2/c1-16-10-9-11-17(2)22(16)26-24(28)23(27)20(18-12-5-3-6-13-18)21(25)19-14-7-4-8-15-19/h3-15H,25H2,1-2H3,(H,26,28). The average molecular weight is 370 g/mol. The van der Waals surface area contributed by atoms with Gasteiger partial charge in [-0.05, 0) is 36.1 Å². The number of carbonyl (C=O) groups is 2. The number of aryl methyl sites for hydroxylation is 2. The Hall–Kier alpha value is -3.66. The van der Waals surface area contributed by atoms with Crippen molar-refractivity contribution in [3.63, 3.8) is 0 Å². The average Bonchev–Trinajstić information content (AvgIpc) is 2.72. The van der Waals surface area contributed by atoms with Gasteiger partial charge in [0.05, 0.1) is 11.3 Å². The Bertz CT molecular complexity index is 1020. The molecule has 140 valence electrons. The first-order valence-electron chi connectivity index (χ1n) is 9.01. The van der Waals surface area contributed by atoms with Gasteiger partial charge in [-0.2, -0.15) is 0 Å². The number of anilines is 1. The van der Waals surface area contributed by atoms with E-state index in [-0.39, 0.29) is 11.3 Å². The molecule has 0 unspecified atom stereocenters. The number of hydrogen-bond donors (Lipinski definition) is 2. The van der Waals surface area contributed by atoms with Crippen LogP contribution in [0.1, 0.15) is 22.3 Å². The fourth-order valence-corrected chi connectivity index (χ4v) is 3.07. The fourth-order valence-electron chi connectivity index (χ4n) is 3.07. The number of para-hydroxylation sites is 1. The lowest BCUT2D eigenvalue weighted by atomic mass is 9.95. The number of amides is 1. The molecule has 0 saturated heterocycles. The van der Waals surface area contributed by atoms with Crippen molar-refractivity contribution in [3.05, 3.63) is 101 Å². The van der Waals surface area contributed by atoms with Gasteiger partial charge in [0.1, 0.15) is 0 Å². The molecular weight excluding hydrogens is 348 g/mol. The molecule has 0 radical (unpaired) electrons. The van der Waals surface area contributed by atoms with Gasteiger partial charge in [-0.15, -0.1) is 0 Å². The highest BCUT2D eigenvalue weighted by atomic mass is 16.2. The third-order valence-corrected chi connectivity index (χ3v) is 4.57. The molecule has 3 N–H and O–H groups in total. The molecule has 1 amide bonds. The predicted molar refractivity (Wildman–Crippen MR) is 113 cm³/mol. The summed E-state index contributed by atoms with van der Waals surface area (Å²) < 4.78 is 0. The number of nitrogens with two attached hydrogens (primary N) is 1. The summed E-state index contributed by atoms with van der Waals surface area (Å²) in [6, 6.07) is 23.9. The lowest BCUT2D eigenvalue weighted by Gasteiger charge is -2.14. The zero-order chi connectivity index (χ0) is 20.1. The molecule has 0 aliphatic rings. The number of ketones is 1. The van der Waals surface area contributed by atoms with Crippen LogP contribution in [0.4, 0.5) is 5.69 Å². The van der Waals surface area contributed by atoms with Crippen molar-refractivity contribution >= 4 is 28.6 Å². The van der Waals surface area contributed by atoms with Crippen molar-refractivity contribution in [1.29, 1.82) is 0 Å². The van der Waals surface area contributed by atoms with Crippen LogP contribution in [-0.2, 0) is 9.59 Å². The Balaban J connectivity index is 2.04. The third-order valence-electron chi connectivity index (χ3n) is 4.57.